The molecule has 0 radical (unpaired) electrons. The third-order valence-corrected chi connectivity index (χ3v) is 2.16. The molecule has 2 heteroatoms. The van der Waals surface area contributed by atoms with Crippen LogP contribution in [0.15, 0.2) is 10.5 Å². The Labute approximate surface area is 72.3 Å². The first kappa shape index (κ1) is 7.59. The van der Waals surface area contributed by atoms with Gasteiger partial charge >= 0.3 is 0 Å². The second kappa shape index (κ2) is 2.77. The van der Waals surface area contributed by atoms with Crippen LogP contribution in [-0.4, -0.2) is 4.98 Å². The first-order valence-electron chi connectivity index (χ1n) is 4.46. The molecule has 1 aromatic heterocycles. The normalized spacial score (nSPS) is 21.0. The number of oxazole rings is 1. The van der Waals surface area contributed by atoms with Gasteiger partial charge in [-0.1, -0.05) is 19.9 Å². The summed E-state index contributed by atoms with van der Waals surface area (Å²) in [4.78, 5) is 4.35. The summed E-state index contributed by atoms with van der Waals surface area (Å²) in [6.45, 7) is 4.25. The van der Waals surface area contributed by atoms with Gasteiger partial charge in [0.15, 0.2) is 5.89 Å². The van der Waals surface area contributed by atoms with Gasteiger partial charge in [-0.15, -0.1) is 0 Å². The Hall–Kier alpha value is -1.05. The summed E-state index contributed by atoms with van der Waals surface area (Å²) in [5, 5.41) is 0. The zero-order valence-electron chi connectivity index (χ0n) is 7.50. The lowest BCUT2D eigenvalue weighted by Crippen LogP contribution is -2.00. The van der Waals surface area contributed by atoms with Crippen LogP contribution < -0.4 is 0 Å². The van der Waals surface area contributed by atoms with Crippen LogP contribution >= 0.6 is 0 Å². The summed E-state index contributed by atoms with van der Waals surface area (Å²) in [5.74, 6) is 2.51. The second-order valence-corrected chi connectivity index (χ2v) is 3.31. The molecule has 64 valence electrons. The van der Waals surface area contributed by atoms with Crippen LogP contribution in [0.1, 0.15) is 31.2 Å². The Morgan fingerprint density at radius 3 is 3.25 bits per heavy atom. The highest BCUT2D eigenvalue weighted by molar-refractivity contribution is 5.49. The maximum absolute atomic E-state index is 5.56. The van der Waals surface area contributed by atoms with Crippen molar-refractivity contribution in [3.05, 3.63) is 23.4 Å². The van der Waals surface area contributed by atoms with Crippen LogP contribution in [0.5, 0.6) is 0 Å². The maximum atomic E-state index is 5.56. The van der Waals surface area contributed by atoms with Gasteiger partial charge in [0.2, 0.25) is 0 Å². The molecule has 1 aliphatic rings. The van der Waals surface area contributed by atoms with E-state index in [0.717, 1.165) is 30.2 Å². The maximum Gasteiger partial charge on any atom is 0.194 e. The molecule has 0 fully saturated rings. The summed E-state index contributed by atoms with van der Waals surface area (Å²) < 4.78 is 5.56. The Morgan fingerprint density at radius 2 is 2.50 bits per heavy atom. The van der Waals surface area contributed by atoms with Gasteiger partial charge in [-0.05, 0) is 12.0 Å². The summed E-state index contributed by atoms with van der Waals surface area (Å²) in [6, 6.07) is 0. The molecular weight excluding hydrogens is 150 g/mol. The Morgan fingerprint density at radius 1 is 1.67 bits per heavy atom. The van der Waals surface area contributed by atoms with Gasteiger partial charge in [-0.3, -0.25) is 0 Å². The van der Waals surface area contributed by atoms with Crippen molar-refractivity contribution in [3.63, 3.8) is 0 Å². The van der Waals surface area contributed by atoms with Crippen molar-refractivity contribution >= 4 is 6.08 Å². The molecule has 12 heavy (non-hydrogen) atoms. The lowest BCUT2D eigenvalue weighted by molar-refractivity contribution is 0.443. The fourth-order valence-corrected chi connectivity index (χ4v) is 1.46. The lowest BCUT2D eigenvalue weighted by atomic mass is 9.99. The first-order valence-corrected chi connectivity index (χ1v) is 4.46. The number of rotatable bonds is 1. The van der Waals surface area contributed by atoms with Crippen molar-refractivity contribution < 1.29 is 4.42 Å². The molecule has 1 aliphatic carbocycles. The monoisotopic (exact) mass is 163 g/mol. The molecule has 2 nitrogen and oxygen atoms in total. The smallest absolute Gasteiger partial charge is 0.194 e. The van der Waals surface area contributed by atoms with Gasteiger partial charge in [0.25, 0.3) is 0 Å². The minimum atomic E-state index is 0.593. The van der Waals surface area contributed by atoms with E-state index in [1.807, 2.05) is 0 Å². The van der Waals surface area contributed by atoms with E-state index < -0.39 is 0 Å². The molecule has 0 aromatic carbocycles. The van der Waals surface area contributed by atoms with Crippen molar-refractivity contribution in [2.45, 2.75) is 26.7 Å². The number of hydrogen-bond acceptors (Lipinski definition) is 2. The van der Waals surface area contributed by atoms with E-state index in [2.05, 4.69) is 31.0 Å². The zero-order chi connectivity index (χ0) is 8.55. The fourth-order valence-electron chi connectivity index (χ4n) is 1.46. The number of allylic oxidation sites excluding steroid dienone is 1. The third-order valence-electron chi connectivity index (χ3n) is 2.16. The fraction of sp³-hybridized carbons (Fsp3) is 0.500. The molecule has 1 atom stereocenters. The van der Waals surface area contributed by atoms with Crippen LogP contribution in [0, 0.1) is 5.92 Å². The van der Waals surface area contributed by atoms with Gasteiger partial charge in [-0.2, -0.15) is 0 Å². The zero-order valence-corrected chi connectivity index (χ0v) is 7.50. The molecule has 1 aromatic rings. The molecule has 0 N–H and O–H groups in total. The molecule has 0 saturated heterocycles. The molecule has 0 aliphatic heterocycles. The van der Waals surface area contributed by atoms with Crippen LogP contribution in [0.2, 0.25) is 0 Å². The predicted octanol–water partition coefficient (Wildman–Crippen LogP) is 2.44. The van der Waals surface area contributed by atoms with E-state index in [-0.39, 0.29) is 0 Å². The predicted molar refractivity (Wildman–Crippen MR) is 47.8 cm³/mol. The number of fused-ring (bicyclic) bond motifs is 1. The van der Waals surface area contributed by atoms with Crippen LogP contribution in [0.25, 0.3) is 6.08 Å². The van der Waals surface area contributed by atoms with E-state index in [1.54, 1.807) is 0 Å². The third kappa shape index (κ3) is 1.17. The van der Waals surface area contributed by atoms with Gasteiger partial charge in [0.1, 0.15) is 11.5 Å². The summed E-state index contributed by atoms with van der Waals surface area (Å²) in [7, 11) is 0. The van der Waals surface area contributed by atoms with E-state index >= 15 is 0 Å². The SMILES string of the molecule is CCc1nc2c(o1)CC(C)C=C2. The van der Waals surface area contributed by atoms with E-state index in [9.17, 15) is 0 Å². The molecule has 0 amide bonds. The largest absolute Gasteiger partial charge is 0.445 e. The number of aromatic nitrogens is 1. The second-order valence-electron chi connectivity index (χ2n) is 3.31. The highest BCUT2D eigenvalue weighted by Gasteiger charge is 2.15. The Balaban J connectivity index is 2.37. The Kier molecular flexibility index (Phi) is 1.75. The molecule has 0 bridgehead atoms. The molecule has 0 saturated carbocycles. The molecular formula is C10H13NO. The summed E-state index contributed by atoms with van der Waals surface area (Å²) in [6.07, 6.45) is 6.13. The Bertz CT molecular complexity index is 312. The molecule has 2 rings (SSSR count). The molecule has 1 unspecified atom stereocenters. The number of aryl methyl sites for hydroxylation is 1. The van der Waals surface area contributed by atoms with Crippen LogP contribution in [-0.2, 0) is 12.8 Å². The quantitative estimate of drug-likeness (QED) is 0.635. The van der Waals surface area contributed by atoms with Crippen LogP contribution in [0.3, 0.4) is 0 Å². The average Bonchev–Trinajstić information content (AvgIpc) is 2.46. The van der Waals surface area contributed by atoms with Crippen molar-refractivity contribution in [3.8, 4) is 0 Å². The van der Waals surface area contributed by atoms with E-state index in [0.29, 0.717) is 5.92 Å². The van der Waals surface area contributed by atoms with Crippen molar-refractivity contribution in [1.82, 2.24) is 4.98 Å². The van der Waals surface area contributed by atoms with Gasteiger partial charge in [0.05, 0.1) is 0 Å². The minimum absolute atomic E-state index is 0.593. The van der Waals surface area contributed by atoms with Gasteiger partial charge in [-0.25, -0.2) is 4.98 Å². The molecule has 0 spiro atoms. The lowest BCUT2D eigenvalue weighted by Gasteiger charge is -2.07. The number of nitrogens with zero attached hydrogens (tertiary/aromatic N) is 1. The molecule has 1 heterocycles. The minimum Gasteiger partial charge on any atom is -0.445 e. The highest BCUT2D eigenvalue weighted by Crippen LogP contribution is 2.23. The van der Waals surface area contributed by atoms with Gasteiger partial charge in [0, 0.05) is 12.8 Å². The average molecular weight is 163 g/mol. The van der Waals surface area contributed by atoms with Gasteiger partial charge < -0.3 is 4.42 Å². The van der Waals surface area contributed by atoms with E-state index in [4.69, 9.17) is 4.42 Å². The summed E-state index contributed by atoms with van der Waals surface area (Å²) >= 11 is 0. The van der Waals surface area contributed by atoms with Crippen LogP contribution in [0.4, 0.5) is 0 Å². The van der Waals surface area contributed by atoms with Crippen molar-refractivity contribution in [2.75, 3.05) is 0 Å². The van der Waals surface area contributed by atoms with E-state index in [1.165, 1.54) is 0 Å². The number of hydrogen-bond donors (Lipinski definition) is 0. The first-order chi connectivity index (χ1) is 5.79. The van der Waals surface area contributed by atoms with Crippen molar-refractivity contribution in [2.24, 2.45) is 5.92 Å². The highest BCUT2D eigenvalue weighted by atomic mass is 16.4. The summed E-state index contributed by atoms with van der Waals surface area (Å²) in [5.41, 5.74) is 1.03. The standard InChI is InChI=1S/C10H13NO/c1-3-10-11-8-5-4-7(2)6-9(8)12-10/h4-5,7H,3,6H2,1-2H3. The van der Waals surface area contributed by atoms with Crippen molar-refractivity contribution in [1.29, 1.82) is 0 Å². The topological polar surface area (TPSA) is 26.0 Å².